The van der Waals surface area contributed by atoms with Gasteiger partial charge in [0.25, 0.3) is 5.91 Å². The smallest absolute Gasteiger partial charge is 0.393 e. The van der Waals surface area contributed by atoms with Gasteiger partial charge >= 0.3 is 13.9 Å². The zero-order chi connectivity index (χ0) is 16.0. The van der Waals surface area contributed by atoms with Crippen molar-refractivity contribution in [1.29, 1.82) is 0 Å². The van der Waals surface area contributed by atoms with Gasteiger partial charge in [-0.05, 0) is 19.8 Å². The highest BCUT2D eigenvalue weighted by Gasteiger charge is 2.53. The predicted molar refractivity (Wildman–Crippen MR) is 66.5 cm³/mol. The summed E-state index contributed by atoms with van der Waals surface area (Å²) in [5, 5.41) is 21.9. The van der Waals surface area contributed by atoms with Crippen molar-refractivity contribution in [3.8, 4) is 0 Å². The number of aliphatic hydroxyl groups excluding tert-OH is 1. The zero-order valence-corrected chi connectivity index (χ0v) is 12.1. The van der Waals surface area contributed by atoms with Crippen LogP contribution in [0.1, 0.15) is 19.8 Å². The molecule has 1 aliphatic heterocycles. The molecule has 21 heavy (non-hydrogen) atoms. The van der Waals surface area contributed by atoms with Crippen LogP contribution in [0.5, 0.6) is 0 Å². The van der Waals surface area contributed by atoms with Crippen LogP contribution < -0.4 is 5.32 Å². The van der Waals surface area contributed by atoms with Crippen molar-refractivity contribution >= 4 is 19.8 Å². The van der Waals surface area contributed by atoms with Crippen molar-refractivity contribution in [2.24, 2.45) is 5.92 Å². The van der Waals surface area contributed by atoms with Gasteiger partial charge < -0.3 is 20.0 Å². The highest BCUT2D eigenvalue weighted by Crippen LogP contribution is 2.40. The molecular weight excluding hydrogens is 307 g/mol. The topological polar surface area (TPSA) is 157 Å². The highest BCUT2D eigenvalue weighted by atomic mass is 31.2. The molecule has 0 unspecified atom stereocenters. The molecule has 0 aromatic carbocycles. The lowest BCUT2D eigenvalue weighted by atomic mass is 10.1. The molecule has 2 fully saturated rings. The van der Waals surface area contributed by atoms with Crippen molar-refractivity contribution in [1.82, 2.24) is 10.2 Å². The number of nitrogens with one attached hydrogen (secondary N) is 1. The SMILES string of the molecule is C[C@@]1(O)C(=O)NC(=O)N1[C@@H]1C[C@H](COP(=O)(O)O)[C@@H](O)C1. The Labute approximate surface area is 119 Å². The van der Waals surface area contributed by atoms with Crippen molar-refractivity contribution in [2.45, 2.75) is 37.6 Å². The van der Waals surface area contributed by atoms with E-state index in [1.165, 1.54) is 6.92 Å². The van der Waals surface area contributed by atoms with E-state index in [4.69, 9.17) is 9.79 Å². The monoisotopic (exact) mass is 324 g/mol. The summed E-state index contributed by atoms with van der Waals surface area (Å²) in [6.45, 7) is 0.784. The van der Waals surface area contributed by atoms with Crippen LogP contribution in [0.3, 0.4) is 0 Å². The lowest BCUT2D eigenvalue weighted by Gasteiger charge is -2.31. The number of aliphatic hydroxyl groups is 2. The number of hydrogen-bond donors (Lipinski definition) is 5. The van der Waals surface area contributed by atoms with Gasteiger partial charge in [-0.2, -0.15) is 0 Å². The molecule has 10 nitrogen and oxygen atoms in total. The molecule has 0 aromatic heterocycles. The molecule has 11 heteroatoms. The van der Waals surface area contributed by atoms with Crippen molar-refractivity contribution in [3.63, 3.8) is 0 Å². The van der Waals surface area contributed by atoms with Crippen LogP contribution in [-0.2, 0) is 13.9 Å². The molecule has 0 aromatic rings. The summed E-state index contributed by atoms with van der Waals surface area (Å²) in [5.74, 6) is -1.46. The normalized spacial score (nSPS) is 37.2. The van der Waals surface area contributed by atoms with E-state index in [-0.39, 0.29) is 19.4 Å². The Morgan fingerprint density at radius 1 is 1.43 bits per heavy atom. The molecule has 1 heterocycles. The number of nitrogens with zero attached hydrogens (tertiary/aromatic N) is 1. The summed E-state index contributed by atoms with van der Waals surface area (Å²) in [5.41, 5.74) is -2.01. The lowest BCUT2D eigenvalue weighted by Crippen LogP contribution is -2.51. The van der Waals surface area contributed by atoms with Gasteiger partial charge in [0.15, 0.2) is 0 Å². The van der Waals surface area contributed by atoms with Crippen molar-refractivity contribution < 1.29 is 38.7 Å². The minimum Gasteiger partial charge on any atom is -0.393 e. The van der Waals surface area contributed by atoms with Gasteiger partial charge in [-0.3, -0.25) is 19.5 Å². The number of hydrogen-bond acceptors (Lipinski definition) is 6. The molecule has 0 spiro atoms. The number of phosphoric acid groups is 1. The maximum Gasteiger partial charge on any atom is 0.469 e. The van der Waals surface area contributed by atoms with E-state index in [9.17, 15) is 24.4 Å². The first-order valence-electron chi connectivity index (χ1n) is 6.27. The summed E-state index contributed by atoms with van der Waals surface area (Å²) < 4.78 is 15.0. The molecule has 2 rings (SSSR count). The fourth-order valence-corrected chi connectivity index (χ4v) is 3.15. The standard InChI is InChI=1S/C10H17N2O8P/c1-10(16)8(14)11-9(15)12(10)6-2-5(7(13)3-6)4-20-21(17,18)19/h5-7,13,16H,2-4H2,1H3,(H,11,14,15)(H2,17,18,19)/t5-,6-,7+,10-/m1/s1. The number of carbonyl (C=O) groups excluding carboxylic acids is 2. The average Bonchev–Trinajstić information content (AvgIpc) is 2.74. The summed E-state index contributed by atoms with van der Waals surface area (Å²) in [4.78, 5) is 41.4. The van der Waals surface area contributed by atoms with Gasteiger partial charge in [0, 0.05) is 12.0 Å². The Hall–Kier alpha value is -1.03. The first kappa shape index (κ1) is 16.3. The van der Waals surface area contributed by atoms with E-state index in [1.54, 1.807) is 0 Å². The minimum atomic E-state index is -4.64. The second-order valence-corrected chi connectivity index (χ2v) is 6.63. The summed E-state index contributed by atoms with van der Waals surface area (Å²) >= 11 is 0. The van der Waals surface area contributed by atoms with E-state index >= 15 is 0 Å². The molecule has 3 amide bonds. The zero-order valence-electron chi connectivity index (χ0n) is 11.2. The third-order valence-electron chi connectivity index (χ3n) is 3.79. The maximum absolute atomic E-state index is 11.7. The summed E-state index contributed by atoms with van der Waals surface area (Å²) in [6.07, 6.45) is -0.731. The van der Waals surface area contributed by atoms with Crippen LogP contribution in [0.15, 0.2) is 0 Å². The summed E-state index contributed by atoms with van der Waals surface area (Å²) in [7, 11) is -4.64. The van der Waals surface area contributed by atoms with Gasteiger partial charge in [0.1, 0.15) is 0 Å². The molecular formula is C10H17N2O8P. The Kier molecular flexibility index (Phi) is 4.13. The summed E-state index contributed by atoms with van der Waals surface area (Å²) in [6, 6.07) is -1.40. The quantitative estimate of drug-likeness (QED) is 0.309. The van der Waals surface area contributed by atoms with E-state index < -0.39 is 43.5 Å². The number of urea groups is 1. The van der Waals surface area contributed by atoms with E-state index in [1.807, 2.05) is 5.32 Å². The van der Waals surface area contributed by atoms with Gasteiger partial charge in [-0.1, -0.05) is 0 Å². The molecule has 5 N–H and O–H groups in total. The first-order valence-corrected chi connectivity index (χ1v) is 7.80. The molecule has 1 aliphatic carbocycles. The van der Waals surface area contributed by atoms with Crippen molar-refractivity contribution in [2.75, 3.05) is 6.61 Å². The van der Waals surface area contributed by atoms with E-state index in [0.29, 0.717) is 0 Å². The van der Waals surface area contributed by atoms with Gasteiger partial charge in [-0.15, -0.1) is 0 Å². The second kappa shape index (κ2) is 5.31. The molecule has 4 atom stereocenters. The Morgan fingerprint density at radius 3 is 2.52 bits per heavy atom. The number of rotatable bonds is 4. The first-order chi connectivity index (χ1) is 9.52. The van der Waals surface area contributed by atoms with Crippen LogP contribution in [0.25, 0.3) is 0 Å². The number of carbonyl (C=O) groups is 2. The van der Waals surface area contributed by atoms with Crippen molar-refractivity contribution in [3.05, 3.63) is 0 Å². The van der Waals surface area contributed by atoms with Gasteiger partial charge in [0.2, 0.25) is 5.72 Å². The fraction of sp³-hybridized carbons (Fsp3) is 0.800. The molecule has 0 radical (unpaired) electrons. The van der Waals surface area contributed by atoms with Crippen LogP contribution >= 0.6 is 7.82 Å². The molecule has 2 aliphatic rings. The van der Waals surface area contributed by atoms with Crippen LogP contribution in [0.4, 0.5) is 4.79 Å². The van der Waals surface area contributed by atoms with Crippen LogP contribution in [-0.4, -0.2) is 61.3 Å². The highest BCUT2D eigenvalue weighted by molar-refractivity contribution is 7.46. The molecule has 120 valence electrons. The van der Waals surface area contributed by atoms with E-state index in [2.05, 4.69) is 4.52 Å². The molecule has 1 saturated heterocycles. The Balaban J connectivity index is 2.05. The van der Waals surface area contributed by atoms with Gasteiger partial charge in [-0.25, -0.2) is 9.36 Å². The second-order valence-electron chi connectivity index (χ2n) is 5.39. The molecule has 0 bridgehead atoms. The third-order valence-corrected chi connectivity index (χ3v) is 4.28. The number of imide groups is 1. The number of amides is 3. The number of phosphoric ester groups is 1. The largest absolute Gasteiger partial charge is 0.469 e. The molecule has 1 saturated carbocycles. The minimum absolute atomic E-state index is 0.0754. The Morgan fingerprint density at radius 2 is 2.05 bits per heavy atom. The van der Waals surface area contributed by atoms with Crippen LogP contribution in [0, 0.1) is 5.92 Å². The van der Waals surface area contributed by atoms with E-state index in [0.717, 1.165) is 4.90 Å². The lowest BCUT2D eigenvalue weighted by molar-refractivity contribution is -0.147. The van der Waals surface area contributed by atoms with Crippen LogP contribution in [0.2, 0.25) is 0 Å². The predicted octanol–water partition coefficient (Wildman–Crippen LogP) is -1.50. The third kappa shape index (κ3) is 3.25. The average molecular weight is 324 g/mol. The van der Waals surface area contributed by atoms with Gasteiger partial charge in [0.05, 0.1) is 12.7 Å². The maximum atomic E-state index is 11.7. The fourth-order valence-electron chi connectivity index (χ4n) is 2.76. The Bertz CT molecular complexity index is 503.